The first kappa shape index (κ1) is 11.8. The molecule has 1 aromatic rings. The van der Waals surface area contributed by atoms with Crippen molar-refractivity contribution >= 4 is 5.78 Å². The van der Waals surface area contributed by atoms with Crippen LogP contribution in [0.1, 0.15) is 42.9 Å². The van der Waals surface area contributed by atoms with Gasteiger partial charge in [-0.2, -0.15) is 0 Å². The number of Topliss-reactive ketones (excluding diaryl/α,β-unsaturated/α-hetero) is 1. The van der Waals surface area contributed by atoms with E-state index < -0.39 is 0 Å². The van der Waals surface area contributed by atoms with E-state index in [1.165, 1.54) is 5.56 Å². The highest BCUT2D eigenvalue weighted by Gasteiger charge is 2.33. The third kappa shape index (κ3) is 2.19. The molecule has 1 aromatic heterocycles. The first-order valence-electron chi connectivity index (χ1n) is 6.91. The Balaban J connectivity index is 1.82. The summed E-state index contributed by atoms with van der Waals surface area (Å²) in [5.74, 6) is 0.632. The number of aryl methyl sites for hydroxylation is 1. The van der Waals surface area contributed by atoms with E-state index in [-0.39, 0.29) is 11.8 Å². The fraction of sp³-hybridized carbons (Fsp3) is 0.600. The van der Waals surface area contributed by atoms with E-state index in [0.29, 0.717) is 5.78 Å². The molecule has 3 nitrogen and oxygen atoms in total. The lowest BCUT2D eigenvalue weighted by Crippen LogP contribution is -2.30. The zero-order valence-electron chi connectivity index (χ0n) is 10.6. The second kappa shape index (κ2) is 5.19. The zero-order chi connectivity index (χ0) is 12.4. The lowest BCUT2D eigenvalue weighted by molar-refractivity contribution is -0.127. The van der Waals surface area contributed by atoms with E-state index in [1.807, 2.05) is 12.3 Å². The fourth-order valence-electron chi connectivity index (χ4n) is 3.15. The Labute approximate surface area is 108 Å². The molecule has 3 rings (SSSR count). The van der Waals surface area contributed by atoms with Crippen molar-refractivity contribution in [3.05, 3.63) is 29.6 Å². The number of ether oxygens (including phenoxy) is 1. The van der Waals surface area contributed by atoms with Crippen molar-refractivity contribution in [3.63, 3.8) is 0 Å². The van der Waals surface area contributed by atoms with E-state index in [4.69, 9.17) is 4.74 Å². The van der Waals surface area contributed by atoms with E-state index in [9.17, 15) is 4.79 Å². The molecule has 0 N–H and O–H groups in total. The van der Waals surface area contributed by atoms with Crippen LogP contribution in [-0.4, -0.2) is 24.0 Å². The molecule has 0 radical (unpaired) electrons. The summed E-state index contributed by atoms with van der Waals surface area (Å²) < 4.78 is 5.34. The molecule has 3 heteroatoms. The van der Waals surface area contributed by atoms with Crippen molar-refractivity contribution in [1.29, 1.82) is 0 Å². The van der Waals surface area contributed by atoms with Gasteiger partial charge in [0, 0.05) is 25.3 Å². The van der Waals surface area contributed by atoms with Crippen molar-refractivity contribution in [1.82, 2.24) is 4.98 Å². The van der Waals surface area contributed by atoms with E-state index in [0.717, 1.165) is 51.0 Å². The maximum absolute atomic E-state index is 12.6. The first-order chi connectivity index (χ1) is 8.86. The number of fused-ring (bicyclic) bond motifs is 1. The van der Waals surface area contributed by atoms with Crippen LogP contribution < -0.4 is 0 Å². The molecule has 0 bridgehead atoms. The molecule has 1 atom stereocenters. The highest BCUT2D eigenvalue weighted by atomic mass is 16.5. The topological polar surface area (TPSA) is 39.2 Å². The van der Waals surface area contributed by atoms with Crippen LogP contribution in [0.15, 0.2) is 18.3 Å². The van der Waals surface area contributed by atoms with Gasteiger partial charge in [0.25, 0.3) is 0 Å². The van der Waals surface area contributed by atoms with Crippen molar-refractivity contribution in [2.45, 2.75) is 38.0 Å². The summed E-state index contributed by atoms with van der Waals surface area (Å²) >= 11 is 0. The van der Waals surface area contributed by atoms with Gasteiger partial charge in [0.1, 0.15) is 5.78 Å². The lowest BCUT2D eigenvalue weighted by Gasteiger charge is -2.28. The van der Waals surface area contributed by atoms with Gasteiger partial charge in [0.2, 0.25) is 0 Å². The molecule has 1 aliphatic carbocycles. The van der Waals surface area contributed by atoms with Crippen molar-refractivity contribution in [3.8, 4) is 0 Å². The average Bonchev–Trinajstić information content (AvgIpc) is 2.47. The van der Waals surface area contributed by atoms with Gasteiger partial charge in [0.05, 0.1) is 11.6 Å². The number of carbonyl (C=O) groups is 1. The van der Waals surface area contributed by atoms with E-state index >= 15 is 0 Å². The Morgan fingerprint density at radius 3 is 2.94 bits per heavy atom. The second-order valence-electron chi connectivity index (χ2n) is 5.28. The van der Waals surface area contributed by atoms with Gasteiger partial charge in [-0.05, 0) is 43.7 Å². The van der Waals surface area contributed by atoms with Crippen molar-refractivity contribution in [2.75, 3.05) is 13.2 Å². The fourth-order valence-corrected chi connectivity index (χ4v) is 3.15. The molecular formula is C15H19NO2. The number of carbonyl (C=O) groups excluding carboxylic acids is 1. The first-order valence-corrected chi connectivity index (χ1v) is 6.91. The number of hydrogen-bond donors (Lipinski definition) is 0. The van der Waals surface area contributed by atoms with Crippen LogP contribution in [-0.2, 0) is 16.0 Å². The highest BCUT2D eigenvalue weighted by Crippen LogP contribution is 2.34. The van der Waals surface area contributed by atoms with Gasteiger partial charge in [0.15, 0.2) is 0 Å². The molecule has 0 amide bonds. The summed E-state index contributed by atoms with van der Waals surface area (Å²) in [5, 5.41) is 0. The predicted molar refractivity (Wildman–Crippen MR) is 68.5 cm³/mol. The molecule has 1 aliphatic heterocycles. The summed E-state index contributed by atoms with van der Waals surface area (Å²) in [5.41, 5.74) is 2.31. The third-order valence-corrected chi connectivity index (χ3v) is 4.16. The van der Waals surface area contributed by atoms with Gasteiger partial charge in [-0.25, -0.2) is 0 Å². The number of pyridine rings is 1. The van der Waals surface area contributed by atoms with E-state index in [1.54, 1.807) is 0 Å². The maximum Gasteiger partial charge on any atom is 0.145 e. The minimum Gasteiger partial charge on any atom is -0.381 e. The molecular weight excluding hydrogens is 226 g/mol. The molecule has 18 heavy (non-hydrogen) atoms. The van der Waals surface area contributed by atoms with Crippen LogP contribution in [0.5, 0.6) is 0 Å². The molecule has 1 fully saturated rings. The van der Waals surface area contributed by atoms with Crippen LogP contribution >= 0.6 is 0 Å². The van der Waals surface area contributed by atoms with Gasteiger partial charge >= 0.3 is 0 Å². The monoisotopic (exact) mass is 245 g/mol. The summed E-state index contributed by atoms with van der Waals surface area (Å²) in [7, 11) is 0. The highest BCUT2D eigenvalue weighted by molar-refractivity contribution is 5.88. The number of hydrogen-bond acceptors (Lipinski definition) is 3. The molecule has 0 aromatic carbocycles. The predicted octanol–water partition coefficient (Wildman–Crippen LogP) is 2.50. The van der Waals surface area contributed by atoms with Crippen LogP contribution in [0.4, 0.5) is 0 Å². The summed E-state index contributed by atoms with van der Waals surface area (Å²) in [6, 6.07) is 4.09. The number of aromatic nitrogens is 1. The van der Waals surface area contributed by atoms with Gasteiger partial charge in [-0.3, -0.25) is 9.78 Å². The SMILES string of the molecule is O=C(C1CCOCC1)C1CCCc2cccnc21. The zero-order valence-corrected chi connectivity index (χ0v) is 10.6. The second-order valence-corrected chi connectivity index (χ2v) is 5.28. The Morgan fingerprint density at radius 1 is 1.28 bits per heavy atom. The smallest absolute Gasteiger partial charge is 0.145 e. The van der Waals surface area contributed by atoms with Gasteiger partial charge in [-0.15, -0.1) is 0 Å². The van der Waals surface area contributed by atoms with Crippen molar-refractivity contribution in [2.24, 2.45) is 5.92 Å². The Kier molecular flexibility index (Phi) is 3.41. The van der Waals surface area contributed by atoms with Crippen molar-refractivity contribution < 1.29 is 9.53 Å². The standard InChI is InChI=1S/C15H19NO2/c17-15(12-6-9-18-10-7-12)13-5-1-3-11-4-2-8-16-14(11)13/h2,4,8,12-13H,1,3,5-7,9-10H2. The molecule has 1 saturated heterocycles. The third-order valence-electron chi connectivity index (χ3n) is 4.16. The van der Waals surface area contributed by atoms with Crippen LogP contribution in [0.2, 0.25) is 0 Å². The Morgan fingerprint density at radius 2 is 2.11 bits per heavy atom. The largest absolute Gasteiger partial charge is 0.381 e. The van der Waals surface area contributed by atoms with Gasteiger partial charge in [-0.1, -0.05) is 6.07 Å². The van der Waals surface area contributed by atoms with Gasteiger partial charge < -0.3 is 4.74 Å². The van der Waals surface area contributed by atoms with Crippen LogP contribution in [0, 0.1) is 5.92 Å². The Bertz CT molecular complexity index is 438. The quantitative estimate of drug-likeness (QED) is 0.803. The molecule has 1 unspecified atom stereocenters. The average molecular weight is 245 g/mol. The van der Waals surface area contributed by atoms with Crippen LogP contribution in [0.3, 0.4) is 0 Å². The summed E-state index contributed by atoms with van der Waals surface area (Å²) in [4.78, 5) is 17.1. The number of ketones is 1. The van der Waals surface area contributed by atoms with Crippen LogP contribution in [0.25, 0.3) is 0 Å². The number of rotatable bonds is 2. The normalized spacial score (nSPS) is 24.6. The summed E-state index contributed by atoms with van der Waals surface area (Å²) in [6.07, 6.45) is 6.74. The van der Waals surface area contributed by atoms with E-state index in [2.05, 4.69) is 11.1 Å². The Hall–Kier alpha value is -1.22. The minimum absolute atomic E-state index is 0.0399. The minimum atomic E-state index is 0.0399. The molecule has 0 spiro atoms. The number of nitrogens with zero attached hydrogens (tertiary/aromatic N) is 1. The molecule has 2 heterocycles. The molecule has 96 valence electrons. The molecule has 0 saturated carbocycles. The lowest BCUT2D eigenvalue weighted by atomic mass is 9.78. The summed E-state index contributed by atoms with van der Waals surface area (Å²) in [6.45, 7) is 1.47. The molecule has 2 aliphatic rings. The maximum atomic E-state index is 12.6.